The predicted molar refractivity (Wildman–Crippen MR) is 157 cm³/mol. The van der Waals surface area contributed by atoms with E-state index in [1.54, 1.807) is 19.2 Å². The summed E-state index contributed by atoms with van der Waals surface area (Å²) in [5.41, 5.74) is 0.998. The van der Waals surface area contributed by atoms with E-state index in [4.69, 9.17) is 44.8 Å². The molecule has 1 fully saturated rings. The second-order valence-corrected chi connectivity index (χ2v) is 10.6. The molecule has 9 heteroatoms. The van der Waals surface area contributed by atoms with E-state index in [9.17, 15) is 4.79 Å². The summed E-state index contributed by atoms with van der Waals surface area (Å²) < 4.78 is 43.6. The van der Waals surface area contributed by atoms with E-state index >= 15 is 0 Å². The van der Waals surface area contributed by atoms with Crippen molar-refractivity contribution in [2.45, 2.75) is 110 Å². The number of ether oxygens (including phenoxy) is 7. The molecule has 1 aromatic rings. The molecule has 2 unspecified atom stereocenters. The highest BCUT2D eigenvalue weighted by Crippen LogP contribution is 2.42. The molecule has 1 saturated heterocycles. The van der Waals surface area contributed by atoms with E-state index in [1.807, 2.05) is 0 Å². The summed E-state index contributed by atoms with van der Waals surface area (Å²) in [4.78, 5) is 11.9. The zero-order valence-electron chi connectivity index (χ0n) is 25.2. The Morgan fingerprint density at radius 1 is 0.825 bits per heavy atom. The van der Waals surface area contributed by atoms with Gasteiger partial charge in [0.1, 0.15) is 36.3 Å². The van der Waals surface area contributed by atoms with Gasteiger partial charge in [-0.3, -0.25) is 4.79 Å². The van der Waals surface area contributed by atoms with Gasteiger partial charge in [-0.1, -0.05) is 65.0 Å². The molecule has 1 aromatic carbocycles. The summed E-state index contributed by atoms with van der Waals surface area (Å²) in [5.74, 6) is 0.467. The molecule has 8 nitrogen and oxygen atoms in total. The van der Waals surface area contributed by atoms with Gasteiger partial charge in [0.15, 0.2) is 13.1 Å². The SMILES string of the molecule is CCCCOC[C@H]1OC(c2cc(C=O)c(Cl)cc2OCOC)[C@H](OCCCC)C(OCCCC)[C@@H]1OCCCC. The summed E-state index contributed by atoms with van der Waals surface area (Å²) in [5, 5.41) is 0.292. The minimum absolute atomic E-state index is 0.0145. The van der Waals surface area contributed by atoms with E-state index in [0.29, 0.717) is 54.9 Å². The Kier molecular flexibility index (Phi) is 18.0. The average molecular weight is 587 g/mol. The molecule has 0 N–H and O–H groups in total. The number of hydrogen-bond donors (Lipinski definition) is 0. The minimum Gasteiger partial charge on any atom is -0.467 e. The maximum atomic E-state index is 11.9. The Balaban J connectivity index is 2.58. The van der Waals surface area contributed by atoms with Crippen LogP contribution in [0.5, 0.6) is 5.75 Å². The zero-order chi connectivity index (χ0) is 29.2. The van der Waals surface area contributed by atoms with Crippen LogP contribution in [0.1, 0.15) is 101 Å². The highest BCUT2D eigenvalue weighted by Gasteiger charge is 2.49. The summed E-state index contributed by atoms with van der Waals surface area (Å²) in [7, 11) is 1.55. The third-order valence-corrected chi connectivity index (χ3v) is 7.20. The fourth-order valence-corrected chi connectivity index (χ4v) is 4.76. The van der Waals surface area contributed by atoms with E-state index in [1.165, 1.54) is 0 Å². The maximum Gasteiger partial charge on any atom is 0.188 e. The number of aldehydes is 1. The van der Waals surface area contributed by atoms with E-state index in [2.05, 4.69) is 27.7 Å². The number of unbranched alkanes of at least 4 members (excludes halogenated alkanes) is 4. The molecule has 5 atom stereocenters. The number of carbonyl (C=O) groups is 1. The van der Waals surface area contributed by atoms with Crippen LogP contribution >= 0.6 is 11.6 Å². The zero-order valence-corrected chi connectivity index (χ0v) is 25.9. The van der Waals surface area contributed by atoms with Gasteiger partial charge in [-0.05, 0) is 37.8 Å². The molecule has 0 bridgehead atoms. The molecule has 1 heterocycles. The standard InChI is InChI=1S/C31H51ClO8/c1-6-10-14-35-21-27-29(36-15-11-7-2)31(38-17-13-9-4)30(37-16-12-8-3)28(40-27)24-18-23(20-33)25(32)19-26(24)39-22-34-5/h18-20,27-31H,6-17,21-22H2,1-5H3/t27-,28?,29-,30+,31?/m1/s1. The van der Waals surface area contributed by atoms with Crippen molar-refractivity contribution in [2.24, 2.45) is 0 Å². The van der Waals surface area contributed by atoms with Gasteiger partial charge in [-0.2, -0.15) is 0 Å². The second kappa shape index (κ2) is 20.6. The molecule has 0 amide bonds. The Morgan fingerprint density at radius 2 is 1.40 bits per heavy atom. The predicted octanol–water partition coefficient (Wildman–Crippen LogP) is 6.95. The molecule has 0 aliphatic carbocycles. The molecule has 40 heavy (non-hydrogen) atoms. The first kappa shape index (κ1) is 34.9. The van der Waals surface area contributed by atoms with Crippen LogP contribution in [0, 0.1) is 0 Å². The number of methoxy groups -OCH3 is 1. The first-order valence-corrected chi connectivity index (χ1v) is 15.4. The highest BCUT2D eigenvalue weighted by atomic mass is 35.5. The minimum atomic E-state index is -0.614. The number of carbonyl (C=O) groups excluding carboxylic acids is 1. The normalized spacial score (nSPS) is 22.9. The van der Waals surface area contributed by atoms with Crippen LogP contribution in [0.15, 0.2) is 12.1 Å². The molecule has 0 saturated carbocycles. The lowest BCUT2D eigenvalue weighted by Gasteiger charge is -2.46. The molecular weight excluding hydrogens is 536 g/mol. The van der Waals surface area contributed by atoms with Crippen LogP contribution < -0.4 is 4.74 Å². The number of benzene rings is 1. The molecule has 0 radical (unpaired) electrons. The lowest BCUT2D eigenvalue weighted by atomic mass is 9.89. The summed E-state index contributed by atoms with van der Waals surface area (Å²) in [6.45, 7) is 11.2. The van der Waals surface area contributed by atoms with Crippen LogP contribution in [0.25, 0.3) is 0 Å². The topological polar surface area (TPSA) is 81.7 Å². The number of halogens is 1. The maximum absolute atomic E-state index is 11.9. The van der Waals surface area contributed by atoms with Crippen molar-refractivity contribution in [3.05, 3.63) is 28.3 Å². The second-order valence-electron chi connectivity index (χ2n) is 10.2. The van der Waals surface area contributed by atoms with Crippen LogP contribution in [0.4, 0.5) is 0 Å². The first-order chi connectivity index (χ1) is 19.6. The van der Waals surface area contributed by atoms with Crippen molar-refractivity contribution in [3.63, 3.8) is 0 Å². The van der Waals surface area contributed by atoms with Crippen LogP contribution in [0.3, 0.4) is 0 Å². The molecule has 0 spiro atoms. The molecular formula is C31H51ClO8. The fourth-order valence-electron chi connectivity index (χ4n) is 4.56. The highest BCUT2D eigenvalue weighted by molar-refractivity contribution is 6.33. The Labute approximate surface area is 246 Å². The molecule has 230 valence electrons. The van der Waals surface area contributed by atoms with Gasteiger partial charge in [-0.25, -0.2) is 0 Å². The lowest BCUT2D eigenvalue weighted by molar-refractivity contribution is -0.268. The van der Waals surface area contributed by atoms with Crippen molar-refractivity contribution < 1.29 is 38.0 Å². The van der Waals surface area contributed by atoms with Crippen LogP contribution in [-0.4, -0.2) is 77.6 Å². The number of hydrogen-bond acceptors (Lipinski definition) is 8. The first-order valence-electron chi connectivity index (χ1n) is 15.0. The van der Waals surface area contributed by atoms with Crippen molar-refractivity contribution in [1.29, 1.82) is 0 Å². The molecule has 0 aromatic heterocycles. The van der Waals surface area contributed by atoms with Crippen molar-refractivity contribution in [1.82, 2.24) is 0 Å². The Hall–Kier alpha value is -1.26. The van der Waals surface area contributed by atoms with Gasteiger partial charge < -0.3 is 33.2 Å². The van der Waals surface area contributed by atoms with Crippen LogP contribution in [-0.2, 0) is 28.4 Å². The third-order valence-electron chi connectivity index (χ3n) is 6.88. The van der Waals surface area contributed by atoms with Crippen LogP contribution in [0.2, 0.25) is 5.02 Å². The molecule has 1 aliphatic heterocycles. The van der Waals surface area contributed by atoms with Gasteiger partial charge in [0.2, 0.25) is 0 Å². The molecule has 2 rings (SSSR count). The van der Waals surface area contributed by atoms with Gasteiger partial charge in [0.05, 0.1) is 11.6 Å². The van der Waals surface area contributed by atoms with Gasteiger partial charge in [0, 0.05) is 44.7 Å². The lowest BCUT2D eigenvalue weighted by Crippen LogP contribution is -2.58. The average Bonchev–Trinajstić information content (AvgIpc) is 2.96. The van der Waals surface area contributed by atoms with E-state index in [0.717, 1.165) is 57.7 Å². The molecule has 1 aliphatic rings. The summed E-state index contributed by atoms with van der Waals surface area (Å²) >= 11 is 6.40. The monoisotopic (exact) mass is 586 g/mol. The van der Waals surface area contributed by atoms with Gasteiger partial charge >= 0.3 is 0 Å². The Morgan fingerprint density at radius 3 is 1.98 bits per heavy atom. The Bertz CT molecular complexity index is 823. The summed E-state index contributed by atoms with van der Waals surface area (Å²) in [6.07, 6.45) is 6.17. The largest absolute Gasteiger partial charge is 0.467 e. The van der Waals surface area contributed by atoms with E-state index in [-0.39, 0.29) is 12.9 Å². The summed E-state index contributed by atoms with van der Waals surface area (Å²) in [6, 6.07) is 3.35. The van der Waals surface area contributed by atoms with Crippen molar-refractivity contribution in [3.8, 4) is 5.75 Å². The number of rotatable bonds is 22. The van der Waals surface area contributed by atoms with Gasteiger partial charge in [-0.15, -0.1) is 0 Å². The van der Waals surface area contributed by atoms with Gasteiger partial charge in [0.25, 0.3) is 0 Å². The van der Waals surface area contributed by atoms with E-state index < -0.39 is 24.4 Å². The third kappa shape index (κ3) is 10.9. The van der Waals surface area contributed by atoms with Crippen molar-refractivity contribution in [2.75, 3.05) is 46.9 Å². The smallest absolute Gasteiger partial charge is 0.188 e. The fraction of sp³-hybridized carbons (Fsp3) is 0.774. The van der Waals surface area contributed by atoms with Crippen molar-refractivity contribution >= 4 is 17.9 Å². The quantitative estimate of drug-likeness (QED) is 0.0820.